The molecule has 0 amide bonds. The first kappa shape index (κ1) is 17.3. The molecule has 2 aliphatic heterocycles. The van der Waals surface area contributed by atoms with Crippen molar-refractivity contribution in [3.05, 3.63) is 29.5 Å². The molecule has 7 heteroatoms. The Hall–Kier alpha value is -1.79. The Morgan fingerprint density at radius 2 is 2.00 bits per heavy atom. The van der Waals surface area contributed by atoms with E-state index in [9.17, 15) is 0 Å². The van der Waals surface area contributed by atoms with Crippen molar-refractivity contribution in [2.45, 2.75) is 69.1 Å². The van der Waals surface area contributed by atoms with E-state index in [1.54, 1.807) is 0 Å². The summed E-state index contributed by atoms with van der Waals surface area (Å²) in [4.78, 5) is 18.7. The Kier molecular flexibility index (Phi) is 4.48. The monoisotopic (exact) mass is 385 g/mol. The van der Waals surface area contributed by atoms with Crippen molar-refractivity contribution < 1.29 is 4.74 Å². The Morgan fingerprint density at radius 1 is 1.15 bits per heavy atom. The van der Waals surface area contributed by atoms with Crippen LogP contribution in [0.3, 0.4) is 0 Å². The number of halogens is 1. The maximum absolute atomic E-state index is 6.37. The van der Waals surface area contributed by atoms with E-state index < -0.39 is 5.54 Å². The van der Waals surface area contributed by atoms with Gasteiger partial charge in [0.05, 0.1) is 12.4 Å². The van der Waals surface area contributed by atoms with Crippen LogP contribution in [0.4, 0.5) is 0 Å². The van der Waals surface area contributed by atoms with Crippen LogP contribution in [0, 0.1) is 0 Å². The molecule has 0 radical (unpaired) electrons. The molecular formula is C20H24ClN5O. The lowest BCUT2D eigenvalue weighted by Crippen LogP contribution is -2.31. The highest BCUT2D eigenvalue weighted by molar-refractivity contribution is 6.28. The number of aliphatic imine (C=N–C) groups is 1. The highest BCUT2D eigenvalue weighted by atomic mass is 35.5. The van der Waals surface area contributed by atoms with E-state index >= 15 is 0 Å². The molecule has 0 aromatic carbocycles. The molecule has 2 fully saturated rings. The number of rotatable bonds is 4. The minimum Gasteiger partial charge on any atom is -0.378 e. The summed E-state index contributed by atoms with van der Waals surface area (Å²) in [5.41, 5.74) is 1.87. The fourth-order valence-corrected chi connectivity index (χ4v) is 4.90. The van der Waals surface area contributed by atoms with Gasteiger partial charge in [0.1, 0.15) is 16.7 Å². The molecule has 0 N–H and O–H groups in total. The Balaban J connectivity index is 1.59. The molecule has 1 saturated heterocycles. The van der Waals surface area contributed by atoms with Crippen molar-refractivity contribution in [3.8, 4) is 0 Å². The van der Waals surface area contributed by atoms with Crippen molar-refractivity contribution in [2.24, 2.45) is 4.99 Å². The largest absolute Gasteiger partial charge is 0.378 e. The van der Waals surface area contributed by atoms with Crippen LogP contribution in [0.25, 0.3) is 11.2 Å². The van der Waals surface area contributed by atoms with Crippen molar-refractivity contribution in [2.75, 3.05) is 6.61 Å². The van der Waals surface area contributed by atoms with Gasteiger partial charge < -0.3 is 9.30 Å². The van der Waals surface area contributed by atoms with E-state index in [0.29, 0.717) is 6.04 Å². The van der Waals surface area contributed by atoms with Crippen LogP contribution in [-0.2, 0) is 10.3 Å². The molecule has 6 nitrogen and oxygen atoms in total. The average Bonchev–Trinajstić information content (AvgIpc) is 3.42. The van der Waals surface area contributed by atoms with E-state index in [4.69, 9.17) is 26.3 Å². The fraction of sp³-hybridized carbons (Fsp3) is 0.600. The summed E-state index contributed by atoms with van der Waals surface area (Å²) in [6.45, 7) is 0.824. The third-order valence-corrected chi connectivity index (χ3v) is 6.27. The number of aromatic nitrogens is 4. The summed E-state index contributed by atoms with van der Waals surface area (Å²) in [6.07, 6.45) is 17.0. The SMILES string of the molecule is Clc1nc(C2(CC3CCCCO3)C=CC=N2)c2ncn(C3CCCC3)c2n1. The average molecular weight is 386 g/mol. The fourth-order valence-electron chi connectivity index (χ4n) is 4.74. The second kappa shape index (κ2) is 6.99. The van der Waals surface area contributed by atoms with Gasteiger partial charge in [0.15, 0.2) is 5.65 Å². The van der Waals surface area contributed by atoms with Crippen molar-refractivity contribution in [1.29, 1.82) is 0 Å². The van der Waals surface area contributed by atoms with Gasteiger partial charge in [-0.05, 0) is 55.9 Å². The molecule has 2 unspecified atom stereocenters. The summed E-state index contributed by atoms with van der Waals surface area (Å²) in [5.74, 6) is 0. The summed E-state index contributed by atoms with van der Waals surface area (Å²) in [6, 6.07) is 0.453. The van der Waals surface area contributed by atoms with Gasteiger partial charge in [0.2, 0.25) is 5.28 Å². The zero-order valence-electron chi connectivity index (χ0n) is 15.4. The number of fused-ring (bicyclic) bond motifs is 1. The maximum Gasteiger partial charge on any atom is 0.224 e. The van der Waals surface area contributed by atoms with Crippen molar-refractivity contribution in [3.63, 3.8) is 0 Å². The van der Waals surface area contributed by atoms with Crippen LogP contribution in [0.2, 0.25) is 5.28 Å². The number of ether oxygens (including phenoxy) is 1. The predicted molar refractivity (Wildman–Crippen MR) is 105 cm³/mol. The number of hydrogen-bond donors (Lipinski definition) is 0. The van der Waals surface area contributed by atoms with Gasteiger partial charge in [-0.15, -0.1) is 0 Å². The second-order valence-corrected chi connectivity index (χ2v) is 8.20. The highest BCUT2D eigenvalue weighted by Crippen LogP contribution is 2.40. The number of nitrogens with zero attached hydrogens (tertiary/aromatic N) is 5. The van der Waals surface area contributed by atoms with Gasteiger partial charge in [-0.3, -0.25) is 4.99 Å². The normalized spacial score (nSPS) is 28.6. The minimum atomic E-state index is -0.568. The second-order valence-electron chi connectivity index (χ2n) is 7.86. The zero-order valence-corrected chi connectivity index (χ0v) is 16.1. The molecule has 2 aromatic heterocycles. The quantitative estimate of drug-likeness (QED) is 0.732. The van der Waals surface area contributed by atoms with Crippen LogP contribution < -0.4 is 0 Å². The molecule has 27 heavy (non-hydrogen) atoms. The van der Waals surface area contributed by atoms with Crippen LogP contribution in [-0.4, -0.2) is 38.4 Å². The molecule has 0 bridgehead atoms. The van der Waals surface area contributed by atoms with E-state index in [-0.39, 0.29) is 11.4 Å². The summed E-state index contributed by atoms with van der Waals surface area (Å²) >= 11 is 6.37. The first-order valence-corrected chi connectivity index (χ1v) is 10.4. The summed E-state index contributed by atoms with van der Waals surface area (Å²) in [7, 11) is 0. The van der Waals surface area contributed by atoms with Crippen LogP contribution in [0.15, 0.2) is 23.5 Å². The maximum atomic E-state index is 6.37. The van der Waals surface area contributed by atoms with Crippen LogP contribution >= 0.6 is 11.6 Å². The number of allylic oxidation sites excluding steroid dienone is 1. The van der Waals surface area contributed by atoms with Gasteiger partial charge in [-0.1, -0.05) is 12.8 Å². The molecule has 1 saturated carbocycles. The zero-order chi connectivity index (χ0) is 18.3. The van der Waals surface area contributed by atoms with E-state index in [1.807, 2.05) is 18.6 Å². The lowest BCUT2D eigenvalue weighted by atomic mass is 9.86. The summed E-state index contributed by atoms with van der Waals surface area (Å²) in [5, 5.41) is 0.261. The number of imidazole rings is 1. The van der Waals surface area contributed by atoms with Gasteiger partial charge >= 0.3 is 0 Å². The smallest absolute Gasteiger partial charge is 0.224 e. The van der Waals surface area contributed by atoms with Crippen LogP contribution in [0.5, 0.6) is 0 Å². The molecule has 142 valence electrons. The summed E-state index contributed by atoms with van der Waals surface area (Å²) < 4.78 is 8.19. The molecule has 2 atom stereocenters. The standard InChI is InChI=1S/C20H24ClN5O/c21-19-24-17(16-18(25-19)26(13-22-16)14-6-1-2-7-14)20(9-5-10-23-20)12-15-8-3-4-11-27-15/h5,9-10,13-15H,1-4,6-8,11-12H2. The Bertz CT molecular complexity index is 881. The Labute approximate surface area is 163 Å². The van der Waals surface area contributed by atoms with Crippen molar-refractivity contribution >= 4 is 29.0 Å². The molecule has 5 rings (SSSR count). The van der Waals surface area contributed by atoms with E-state index in [0.717, 1.165) is 42.7 Å². The molecule has 3 aliphatic rings. The molecule has 1 aliphatic carbocycles. The van der Waals surface area contributed by atoms with E-state index in [2.05, 4.69) is 20.6 Å². The Morgan fingerprint density at radius 3 is 2.74 bits per heavy atom. The van der Waals surface area contributed by atoms with Gasteiger partial charge in [0.25, 0.3) is 0 Å². The third kappa shape index (κ3) is 3.09. The highest BCUT2D eigenvalue weighted by Gasteiger charge is 2.39. The van der Waals surface area contributed by atoms with Gasteiger partial charge in [-0.25, -0.2) is 9.97 Å². The van der Waals surface area contributed by atoms with Crippen molar-refractivity contribution in [1.82, 2.24) is 19.5 Å². The lowest BCUT2D eigenvalue weighted by molar-refractivity contribution is 0.00180. The molecule has 4 heterocycles. The molecular weight excluding hydrogens is 362 g/mol. The first-order chi connectivity index (χ1) is 13.3. The lowest BCUT2D eigenvalue weighted by Gasteiger charge is -2.31. The van der Waals surface area contributed by atoms with Gasteiger partial charge in [0, 0.05) is 25.3 Å². The predicted octanol–water partition coefficient (Wildman–Crippen LogP) is 4.39. The topological polar surface area (TPSA) is 65.2 Å². The van der Waals surface area contributed by atoms with E-state index in [1.165, 1.54) is 32.1 Å². The molecule has 0 spiro atoms. The minimum absolute atomic E-state index is 0.180. The third-order valence-electron chi connectivity index (χ3n) is 6.10. The number of hydrogen-bond acceptors (Lipinski definition) is 5. The first-order valence-electron chi connectivity index (χ1n) is 10.0. The molecule has 2 aromatic rings. The van der Waals surface area contributed by atoms with Gasteiger partial charge in [-0.2, -0.15) is 4.98 Å². The van der Waals surface area contributed by atoms with Crippen LogP contribution in [0.1, 0.15) is 63.1 Å².